The van der Waals surface area contributed by atoms with Crippen LogP contribution < -0.4 is 0 Å². The lowest BCUT2D eigenvalue weighted by molar-refractivity contribution is -0.197. The van der Waals surface area contributed by atoms with Crippen LogP contribution in [0.2, 0.25) is 0 Å². The summed E-state index contributed by atoms with van der Waals surface area (Å²) in [6.45, 7) is 14.3. The fourth-order valence-corrected chi connectivity index (χ4v) is 9.69. The molecule has 4 aliphatic rings. The molecule has 4 rings (SSSR count). The molecule has 5 heteroatoms. The molecule has 0 heterocycles. The first-order chi connectivity index (χ1) is 16.9. The van der Waals surface area contributed by atoms with Crippen LogP contribution >= 0.6 is 0 Å². The number of carbonyl (C=O) groups excluding carboxylic acids is 3. The molecule has 3 unspecified atom stereocenters. The highest BCUT2D eigenvalue weighted by molar-refractivity contribution is 5.80. The Morgan fingerprint density at radius 2 is 1.56 bits per heavy atom. The second-order valence-corrected chi connectivity index (χ2v) is 13.7. The summed E-state index contributed by atoms with van der Waals surface area (Å²) in [5.41, 5.74) is 0.192. The van der Waals surface area contributed by atoms with E-state index in [-0.39, 0.29) is 40.9 Å². The van der Waals surface area contributed by atoms with Crippen molar-refractivity contribution in [2.45, 2.75) is 125 Å². The van der Waals surface area contributed by atoms with Crippen LogP contribution in [0.15, 0.2) is 0 Å². The average molecular weight is 503 g/mol. The maximum atomic E-state index is 12.4. The van der Waals surface area contributed by atoms with E-state index >= 15 is 0 Å². The summed E-state index contributed by atoms with van der Waals surface area (Å²) in [5, 5.41) is 0. The van der Waals surface area contributed by atoms with E-state index in [4.69, 9.17) is 9.47 Å². The normalized spacial score (nSPS) is 42.6. The van der Waals surface area contributed by atoms with E-state index in [1.54, 1.807) is 6.92 Å². The van der Waals surface area contributed by atoms with Crippen molar-refractivity contribution >= 4 is 17.7 Å². The summed E-state index contributed by atoms with van der Waals surface area (Å²) in [4.78, 5) is 36.3. The Labute approximate surface area is 218 Å². The van der Waals surface area contributed by atoms with Crippen LogP contribution in [0.5, 0.6) is 0 Å². The molecule has 0 aromatic heterocycles. The quantitative estimate of drug-likeness (QED) is 0.360. The molecule has 204 valence electrons. The third-order valence-electron chi connectivity index (χ3n) is 11.6. The predicted molar refractivity (Wildman–Crippen MR) is 140 cm³/mol. The number of rotatable bonds is 7. The number of Topliss-reactive ketones (excluding diaryl/α,β-unsaturated/α-hetero) is 1. The Kier molecular flexibility index (Phi) is 7.99. The van der Waals surface area contributed by atoms with Crippen molar-refractivity contribution in [3.8, 4) is 0 Å². The second kappa shape index (κ2) is 10.4. The van der Waals surface area contributed by atoms with Gasteiger partial charge in [-0.25, -0.2) is 0 Å². The summed E-state index contributed by atoms with van der Waals surface area (Å²) >= 11 is 0. The molecule has 0 spiro atoms. The van der Waals surface area contributed by atoms with Crippen LogP contribution in [0, 0.1) is 52.3 Å². The highest BCUT2D eigenvalue weighted by Crippen LogP contribution is 2.69. The van der Waals surface area contributed by atoms with E-state index in [9.17, 15) is 14.4 Å². The minimum Gasteiger partial charge on any atom is -0.463 e. The molecule has 5 nitrogen and oxygen atoms in total. The summed E-state index contributed by atoms with van der Waals surface area (Å²) in [6, 6.07) is 0. The van der Waals surface area contributed by atoms with Crippen LogP contribution in [0.25, 0.3) is 0 Å². The third-order valence-corrected chi connectivity index (χ3v) is 11.6. The van der Waals surface area contributed by atoms with Gasteiger partial charge in [-0.1, -0.05) is 34.6 Å². The number of esters is 2. The first-order valence-corrected chi connectivity index (χ1v) is 14.7. The number of fused-ring (bicyclic) bond motifs is 5. The van der Waals surface area contributed by atoms with Gasteiger partial charge in [0.05, 0.1) is 0 Å². The number of hydrogen-bond acceptors (Lipinski definition) is 5. The van der Waals surface area contributed by atoms with Crippen molar-refractivity contribution in [3.63, 3.8) is 0 Å². The van der Waals surface area contributed by atoms with Crippen LogP contribution in [-0.4, -0.2) is 29.9 Å². The summed E-state index contributed by atoms with van der Waals surface area (Å²) in [5.74, 6) is 3.41. The van der Waals surface area contributed by atoms with Gasteiger partial charge in [-0.05, 0) is 98.7 Å². The molecule has 0 aliphatic heterocycles. The van der Waals surface area contributed by atoms with Gasteiger partial charge in [0.2, 0.25) is 0 Å². The van der Waals surface area contributed by atoms with Gasteiger partial charge in [-0.3, -0.25) is 14.4 Å². The van der Waals surface area contributed by atoms with E-state index in [2.05, 4.69) is 20.8 Å². The first-order valence-electron chi connectivity index (χ1n) is 14.7. The van der Waals surface area contributed by atoms with Crippen LogP contribution in [0.3, 0.4) is 0 Å². The van der Waals surface area contributed by atoms with Crippen molar-refractivity contribution in [1.82, 2.24) is 0 Å². The number of carbonyl (C=O) groups is 3. The Morgan fingerprint density at radius 1 is 0.861 bits per heavy atom. The highest BCUT2D eigenvalue weighted by Gasteiger charge is 2.65. The van der Waals surface area contributed by atoms with E-state index in [1.165, 1.54) is 32.6 Å². The summed E-state index contributed by atoms with van der Waals surface area (Å²) in [6.07, 6.45) is 10.4. The molecular formula is C31H50O5. The van der Waals surface area contributed by atoms with Gasteiger partial charge in [-0.2, -0.15) is 0 Å². The summed E-state index contributed by atoms with van der Waals surface area (Å²) < 4.78 is 11.9. The monoisotopic (exact) mass is 502 g/mol. The second-order valence-electron chi connectivity index (χ2n) is 13.7. The smallest absolute Gasteiger partial charge is 0.302 e. The van der Waals surface area contributed by atoms with Gasteiger partial charge in [-0.15, -0.1) is 0 Å². The standard InChI is InChI=1S/C31H50O5/c1-18(2)28(34)13-8-19(3)25-11-12-26-24-10-9-22-16-23(35-20(4)32)14-15-30(22,6)27(24)17-29(31(25,26)7)36-21(5)33/h18-19,22-27,29H,8-17H2,1-7H3/t19-,22?,23?,24+,25-,26+,27+,29?,30+,31-/m1/s1. The Morgan fingerprint density at radius 3 is 2.19 bits per heavy atom. The van der Waals surface area contributed by atoms with Crippen molar-refractivity contribution in [2.24, 2.45) is 52.3 Å². The number of ketones is 1. The summed E-state index contributed by atoms with van der Waals surface area (Å²) in [7, 11) is 0. The molecule has 0 amide bonds. The molecule has 0 radical (unpaired) electrons. The predicted octanol–water partition coefficient (Wildman–Crippen LogP) is 6.76. The van der Waals surface area contributed by atoms with Crippen molar-refractivity contribution in [3.05, 3.63) is 0 Å². The van der Waals surface area contributed by atoms with Crippen molar-refractivity contribution < 1.29 is 23.9 Å². The Bertz CT molecular complexity index is 850. The largest absolute Gasteiger partial charge is 0.463 e. The van der Waals surface area contributed by atoms with Crippen LogP contribution in [0.1, 0.15) is 113 Å². The van der Waals surface area contributed by atoms with E-state index in [1.807, 2.05) is 13.8 Å². The molecule has 4 fully saturated rings. The fraction of sp³-hybridized carbons (Fsp3) is 0.903. The maximum absolute atomic E-state index is 12.4. The zero-order chi connectivity index (χ0) is 26.4. The van der Waals surface area contributed by atoms with E-state index in [0.29, 0.717) is 47.7 Å². The molecule has 0 aromatic carbocycles. The highest BCUT2D eigenvalue weighted by atomic mass is 16.5. The van der Waals surface area contributed by atoms with Crippen molar-refractivity contribution in [2.75, 3.05) is 0 Å². The fourth-order valence-electron chi connectivity index (χ4n) is 9.69. The van der Waals surface area contributed by atoms with Crippen LogP contribution in [0.4, 0.5) is 0 Å². The molecule has 0 bridgehead atoms. The molecule has 0 aromatic rings. The topological polar surface area (TPSA) is 69.7 Å². The molecule has 4 aliphatic carbocycles. The van der Waals surface area contributed by atoms with Gasteiger partial charge in [0, 0.05) is 31.6 Å². The van der Waals surface area contributed by atoms with Gasteiger partial charge in [0.1, 0.15) is 18.0 Å². The Balaban J connectivity index is 1.57. The van der Waals surface area contributed by atoms with Crippen molar-refractivity contribution in [1.29, 1.82) is 0 Å². The lowest BCUT2D eigenvalue weighted by Gasteiger charge is -2.62. The lowest BCUT2D eigenvalue weighted by atomic mass is 9.43. The molecule has 0 saturated heterocycles. The maximum Gasteiger partial charge on any atom is 0.302 e. The van der Waals surface area contributed by atoms with E-state index in [0.717, 1.165) is 32.1 Å². The zero-order valence-electron chi connectivity index (χ0n) is 23.8. The Hall–Kier alpha value is -1.39. The first kappa shape index (κ1) is 27.6. The van der Waals surface area contributed by atoms with E-state index < -0.39 is 0 Å². The minimum atomic E-state index is -0.165. The lowest BCUT2D eigenvalue weighted by Crippen LogP contribution is -2.59. The van der Waals surface area contributed by atoms with Gasteiger partial charge in [0.25, 0.3) is 0 Å². The third kappa shape index (κ3) is 4.89. The van der Waals surface area contributed by atoms with Gasteiger partial charge < -0.3 is 9.47 Å². The zero-order valence-corrected chi connectivity index (χ0v) is 23.8. The van der Waals surface area contributed by atoms with Gasteiger partial charge >= 0.3 is 11.9 Å². The van der Waals surface area contributed by atoms with Gasteiger partial charge in [0.15, 0.2) is 0 Å². The minimum absolute atomic E-state index is 0.0225. The molecular weight excluding hydrogens is 452 g/mol. The molecule has 0 N–H and O–H groups in total. The number of hydrogen-bond donors (Lipinski definition) is 0. The number of ether oxygens (including phenoxy) is 2. The SMILES string of the molecule is CC(=O)OC1CC[C@@]2(C)C(CC[C@H]3[C@@H]4CC[C@H]([C@H](C)CCC(=O)C(C)C)[C@@]4(C)C(OC(C)=O)C[C@@H]32)C1. The molecule has 36 heavy (non-hydrogen) atoms. The van der Waals surface area contributed by atoms with Crippen LogP contribution in [-0.2, 0) is 23.9 Å². The molecule has 4 saturated carbocycles. The molecule has 10 atom stereocenters. The average Bonchev–Trinajstić information content (AvgIpc) is 3.15.